The number of carbonyl (C=O) groups excluding carboxylic acids is 2. The zero-order chi connectivity index (χ0) is 7.40. The number of hydrogen-bond donors (Lipinski definition) is 0. The van der Waals surface area contributed by atoms with Crippen molar-refractivity contribution in [2.75, 3.05) is 0 Å². The second-order valence-corrected chi connectivity index (χ2v) is 2.80. The number of ketones is 1. The van der Waals surface area contributed by atoms with Gasteiger partial charge in [0.05, 0.1) is 0 Å². The summed E-state index contributed by atoms with van der Waals surface area (Å²) in [5.74, 6) is 0.576. The highest BCUT2D eigenvalue weighted by atomic mass is 16.1. The second kappa shape index (κ2) is 3.49. The lowest BCUT2D eigenvalue weighted by atomic mass is 10.0. The molecule has 0 saturated heterocycles. The molecular weight excluding hydrogens is 128 g/mol. The largest absolute Gasteiger partial charge is 0.303 e. The van der Waals surface area contributed by atoms with Crippen molar-refractivity contribution in [2.24, 2.45) is 5.92 Å². The number of hydrogen-bond acceptors (Lipinski definition) is 2. The van der Waals surface area contributed by atoms with Gasteiger partial charge >= 0.3 is 0 Å². The van der Waals surface area contributed by atoms with E-state index in [2.05, 4.69) is 0 Å². The predicted molar refractivity (Wildman–Crippen MR) is 37.6 cm³/mol. The monoisotopic (exact) mass is 140 g/mol. The number of aldehydes is 1. The van der Waals surface area contributed by atoms with Gasteiger partial charge in [-0.25, -0.2) is 0 Å². The second-order valence-electron chi connectivity index (χ2n) is 2.80. The van der Waals surface area contributed by atoms with Crippen molar-refractivity contribution in [1.29, 1.82) is 0 Å². The van der Waals surface area contributed by atoms with Crippen LogP contribution in [0.15, 0.2) is 0 Å². The molecule has 0 spiro atoms. The molecule has 1 saturated carbocycles. The van der Waals surface area contributed by atoms with Gasteiger partial charge in [-0.05, 0) is 19.3 Å². The maximum absolute atomic E-state index is 11.0. The van der Waals surface area contributed by atoms with Crippen LogP contribution in [0.1, 0.15) is 32.1 Å². The Morgan fingerprint density at radius 2 is 2.40 bits per heavy atom. The van der Waals surface area contributed by atoms with Crippen molar-refractivity contribution in [3.8, 4) is 0 Å². The Bertz CT molecular complexity index is 140. The van der Waals surface area contributed by atoms with Crippen LogP contribution in [0.2, 0.25) is 0 Å². The van der Waals surface area contributed by atoms with E-state index >= 15 is 0 Å². The molecule has 0 aromatic carbocycles. The molecule has 2 heteroatoms. The van der Waals surface area contributed by atoms with E-state index in [1.807, 2.05) is 0 Å². The minimum atomic E-state index is 0.213. The van der Waals surface area contributed by atoms with Gasteiger partial charge in [-0.1, -0.05) is 0 Å². The molecule has 56 valence electrons. The molecule has 1 unspecified atom stereocenters. The van der Waals surface area contributed by atoms with Crippen molar-refractivity contribution in [3.63, 3.8) is 0 Å². The van der Waals surface area contributed by atoms with Gasteiger partial charge in [0.15, 0.2) is 0 Å². The van der Waals surface area contributed by atoms with Crippen molar-refractivity contribution in [2.45, 2.75) is 32.1 Å². The van der Waals surface area contributed by atoms with Crippen LogP contribution in [0, 0.1) is 5.92 Å². The first-order valence-corrected chi connectivity index (χ1v) is 3.81. The van der Waals surface area contributed by atoms with Crippen LogP contribution in [0.5, 0.6) is 0 Å². The first kappa shape index (κ1) is 7.45. The molecule has 0 radical (unpaired) electrons. The maximum atomic E-state index is 11.0. The highest BCUT2D eigenvalue weighted by Gasteiger charge is 2.23. The molecule has 0 aromatic heterocycles. The van der Waals surface area contributed by atoms with E-state index in [9.17, 15) is 9.59 Å². The summed E-state index contributed by atoms with van der Waals surface area (Å²) >= 11 is 0. The lowest BCUT2D eigenvalue weighted by Crippen LogP contribution is -2.05. The molecule has 2 nitrogen and oxygen atoms in total. The van der Waals surface area contributed by atoms with E-state index in [0.717, 1.165) is 32.0 Å². The van der Waals surface area contributed by atoms with E-state index in [1.54, 1.807) is 0 Å². The zero-order valence-corrected chi connectivity index (χ0v) is 6.01. The Balaban J connectivity index is 2.26. The van der Waals surface area contributed by atoms with Crippen molar-refractivity contribution in [1.82, 2.24) is 0 Å². The van der Waals surface area contributed by atoms with Gasteiger partial charge in [-0.15, -0.1) is 0 Å². The van der Waals surface area contributed by atoms with Crippen LogP contribution < -0.4 is 0 Å². The van der Waals surface area contributed by atoms with Gasteiger partial charge in [-0.2, -0.15) is 0 Å². The normalized spacial score (nSPS) is 25.2. The number of Topliss-reactive ketones (excluding diaryl/α,β-unsaturated/α-hetero) is 1. The van der Waals surface area contributed by atoms with Crippen LogP contribution in [-0.4, -0.2) is 12.1 Å². The third kappa shape index (κ3) is 1.66. The molecule has 0 bridgehead atoms. The third-order valence-electron chi connectivity index (χ3n) is 2.06. The van der Waals surface area contributed by atoms with Crippen LogP contribution in [0.3, 0.4) is 0 Å². The molecule has 0 amide bonds. The lowest BCUT2D eigenvalue weighted by Gasteiger charge is -2.01. The van der Waals surface area contributed by atoms with Gasteiger partial charge in [0.25, 0.3) is 0 Å². The molecule has 1 atom stereocenters. The molecule has 1 rings (SSSR count). The van der Waals surface area contributed by atoms with Crippen molar-refractivity contribution in [3.05, 3.63) is 0 Å². The van der Waals surface area contributed by atoms with Gasteiger partial charge in [0, 0.05) is 18.8 Å². The van der Waals surface area contributed by atoms with E-state index in [-0.39, 0.29) is 5.92 Å². The van der Waals surface area contributed by atoms with E-state index in [4.69, 9.17) is 0 Å². The molecule has 1 aliphatic carbocycles. The fourth-order valence-electron chi connectivity index (χ4n) is 1.46. The minimum Gasteiger partial charge on any atom is -0.303 e. The van der Waals surface area contributed by atoms with E-state index < -0.39 is 0 Å². The molecule has 1 fully saturated rings. The van der Waals surface area contributed by atoms with Crippen LogP contribution in [0.25, 0.3) is 0 Å². The Labute approximate surface area is 60.6 Å². The highest BCUT2D eigenvalue weighted by Crippen LogP contribution is 2.24. The van der Waals surface area contributed by atoms with Crippen LogP contribution in [-0.2, 0) is 9.59 Å². The van der Waals surface area contributed by atoms with Gasteiger partial charge in [0.1, 0.15) is 12.1 Å². The fraction of sp³-hybridized carbons (Fsp3) is 0.750. The number of rotatable bonds is 3. The van der Waals surface area contributed by atoms with Crippen molar-refractivity contribution < 1.29 is 9.59 Å². The molecule has 0 heterocycles. The standard InChI is InChI=1S/C8H12O2/c9-6-2-4-7-3-1-5-8(7)10/h6-7H,1-5H2. The lowest BCUT2D eigenvalue weighted by molar-refractivity contribution is -0.120. The van der Waals surface area contributed by atoms with Gasteiger partial charge in [0.2, 0.25) is 0 Å². The summed E-state index contributed by atoms with van der Waals surface area (Å²) < 4.78 is 0. The maximum Gasteiger partial charge on any atom is 0.135 e. The summed E-state index contributed by atoms with van der Waals surface area (Å²) in [4.78, 5) is 20.9. The molecule has 0 aliphatic heterocycles. The van der Waals surface area contributed by atoms with E-state index in [1.165, 1.54) is 0 Å². The predicted octanol–water partition coefficient (Wildman–Crippen LogP) is 1.33. The molecule has 10 heavy (non-hydrogen) atoms. The first-order chi connectivity index (χ1) is 4.84. The summed E-state index contributed by atoms with van der Waals surface area (Å²) in [6.45, 7) is 0. The molecule has 0 aromatic rings. The smallest absolute Gasteiger partial charge is 0.135 e. The van der Waals surface area contributed by atoms with E-state index in [0.29, 0.717) is 12.2 Å². The summed E-state index contributed by atoms with van der Waals surface area (Å²) in [6, 6.07) is 0. The van der Waals surface area contributed by atoms with Gasteiger partial charge < -0.3 is 4.79 Å². The molecule has 1 aliphatic rings. The quantitative estimate of drug-likeness (QED) is 0.554. The van der Waals surface area contributed by atoms with Crippen LogP contribution >= 0.6 is 0 Å². The Hall–Kier alpha value is -0.660. The Kier molecular flexibility index (Phi) is 2.60. The zero-order valence-electron chi connectivity index (χ0n) is 6.01. The minimum absolute atomic E-state index is 0.213. The molecular formula is C8H12O2. The van der Waals surface area contributed by atoms with Crippen molar-refractivity contribution >= 4 is 12.1 Å². The molecule has 0 N–H and O–H groups in total. The fourth-order valence-corrected chi connectivity index (χ4v) is 1.46. The Morgan fingerprint density at radius 1 is 1.60 bits per heavy atom. The highest BCUT2D eigenvalue weighted by molar-refractivity contribution is 5.83. The summed E-state index contributed by atoms with van der Waals surface area (Å²) in [6.07, 6.45) is 5.00. The van der Waals surface area contributed by atoms with Gasteiger partial charge in [-0.3, -0.25) is 4.79 Å². The average molecular weight is 140 g/mol. The van der Waals surface area contributed by atoms with Crippen LogP contribution in [0.4, 0.5) is 0 Å². The third-order valence-corrected chi connectivity index (χ3v) is 2.06. The SMILES string of the molecule is O=CCCC1CCCC1=O. The number of carbonyl (C=O) groups is 2. The average Bonchev–Trinajstić information content (AvgIpc) is 2.31. The Morgan fingerprint density at radius 3 is 2.90 bits per heavy atom. The first-order valence-electron chi connectivity index (χ1n) is 3.81. The topological polar surface area (TPSA) is 34.1 Å². The summed E-state index contributed by atoms with van der Waals surface area (Å²) in [7, 11) is 0. The summed E-state index contributed by atoms with van der Waals surface area (Å²) in [5, 5.41) is 0. The summed E-state index contributed by atoms with van der Waals surface area (Å²) in [5.41, 5.74) is 0.